The van der Waals surface area contributed by atoms with Crippen LogP contribution in [0.15, 0.2) is 18.2 Å². The first-order chi connectivity index (χ1) is 8.62. The molecule has 0 spiro atoms. The van der Waals surface area contributed by atoms with Gasteiger partial charge in [-0.3, -0.25) is 4.79 Å². The van der Waals surface area contributed by atoms with Gasteiger partial charge in [0.05, 0.1) is 19.6 Å². The first-order valence-electron chi connectivity index (χ1n) is 5.81. The van der Waals surface area contributed by atoms with Crippen LogP contribution in [-0.4, -0.2) is 26.2 Å². The van der Waals surface area contributed by atoms with E-state index in [9.17, 15) is 4.79 Å². The number of esters is 1. The Morgan fingerprint density at radius 3 is 2.78 bits per heavy atom. The van der Waals surface area contributed by atoms with Crippen LogP contribution in [0.4, 0.5) is 0 Å². The molecule has 0 bridgehead atoms. The van der Waals surface area contributed by atoms with Crippen LogP contribution in [0.1, 0.15) is 12.5 Å². The molecule has 18 heavy (non-hydrogen) atoms. The molecule has 4 nitrogen and oxygen atoms in total. The Morgan fingerprint density at radius 2 is 2.22 bits per heavy atom. The normalized spacial score (nSPS) is 12.0. The van der Waals surface area contributed by atoms with Crippen molar-refractivity contribution >= 4 is 17.6 Å². The summed E-state index contributed by atoms with van der Waals surface area (Å²) in [6, 6.07) is 5.30. The van der Waals surface area contributed by atoms with Gasteiger partial charge in [-0.25, -0.2) is 0 Å². The van der Waals surface area contributed by atoms with Crippen molar-refractivity contribution in [3.05, 3.63) is 28.8 Å². The quantitative estimate of drug-likeness (QED) is 0.804. The third-order valence-electron chi connectivity index (χ3n) is 2.61. The first kappa shape index (κ1) is 14.8. The third kappa shape index (κ3) is 3.89. The molecule has 0 radical (unpaired) electrons. The summed E-state index contributed by atoms with van der Waals surface area (Å²) in [6.45, 7) is 2.35. The first-order valence-corrected chi connectivity index (χ1v) is 6.19. The van der Waals surface area contributed by atoms with Crippen molar-refractivity contribution in [3.8, 4) is 5.75 Å². The minimum absolute atomic E-state index is 0.231. The van der Waals surface area contributed by atoms with Gasteiger partial charge < -0.3 is 15.2 Å². The highest BCUT2D eigenvalue weighted by Crippen LogP contribution is 2.25. The van der Waals surface area contributed by atoms with E-state index in [4.69, 9.17) is 26.8 Å². The summed E-state index contributed by atoms with van der Waals surface area (Å²) in [5.74, 6) is 0.0292. The van der Waals surface area contributed by atoms with Crippen molar-refractivity contribution in [2.45, 2.75) is 13.3 Å². The van der Waals surface area contributed by atoms with E-state index in [0.717, 1.165) is 5.56 Å². The van der Waals surface area contributed by atoms with Crippen LogP contribution in [0.25, 0.3) is 0 Å². The van der Waals surface area contributed by atoms with E-state index < -0.39 is 0 Å². The Balaban J connectivity index is 2.86. The molecule has 0 saturated heterocycles. The molecule has 1 aromatic rings. The summed E-state index contributed by atoms with van der Waals surface area (Å²) in [6.07, 6.45) is 0.457. The van der Waals surface area contributed by atoms with E-state index in [1.54, 1.807) is 32.2 Å². The van der Waals surface area contributed by atoms with E-state index in [1.165, 1.54) is 0 Å². The lowest BCUT2D eigenvalue weighted by Crippen LogP contribution is -2.27. The molecule has 0 aliphatic rings. The molecular weight excluding hydrogens is 254 g/mol. The van der Waals surface area contributed by atoms with Crippen molar-refractivity contribution < 1.29 is 14.3 Å². The average Bonchev–Trinajstić information content (AvgIpc) is 2.36. The second-order valence-electron chi connectivity index (χ2n) is 3.84. The third-order valence-corrected chi connectivity index (χ3v) is 2.85. The highest BCUT2D eigenvalue weighted by atomic mass is 35.5. The second-order valence-corrected chi connectivity index (χ2v) is 4.28. The Hall–Kier alpha value is -1.26. The minimum atomic E-state index is -0.377. The van der Waals surface area contributed by atoms with E-state index in [1.807, 2.05) is 0 Å². The largest absolute Gasteiger partial charge is 0.496 e. The van der Waals surface area contributed by atoms with Gasteiger partial charge in [0.15, 0.2) is 0 Å². The van der Waals surface area contributed by atoms with E-state index in [-0.39, 0.29) is 18.4 Å². The van der Waals surface area contributed by atoms with Crippen molar-refractivity contribution in [1.29, 1.82) is 0 Å². The number of benzene rings is 1. The van der Waals surface area contributed by atoms with Gasteiger partial charge in [-0.05, 0) is 37.1 Å². The van der Waals surface area contributed by atoms with Gasteiger partial charge in [0.2, 0.25) is 0 Å². The zero-order valence-electron chi connectivity index (χ0n) is 10.6. The Labute approximate surface area is 112 Å². The molecule has 2 N–H and O–H groups in total. The minimum Gasteiger partial charge on any atom is -0.496 e. The maximum absolute atomic E-state index is 11.7. The molecule has 0 aliphatic carbocycles. The average molecular weight is 272 g/mol. The number of carbonyl (C=O) groups is 1. The second kappa shape index (κ2) is 7.24. The molecule has 0 fully saturated rings. The Bertz CT molecular complexity index is 409. The van der Waals surface area contributed by atoms with Crippen LogP contribution in [0.3, 0.4) is 0 Å². The smallest absolute Gasteiger partial charge is 0.310 e. The Kier molecular flexibility index (Phi) is 5.95. The Morgan fingerprint density at radius 1 is 1.50 bits per heavy atom. The van der Waals surface area contributed by atoms with Gasteiger partial charge in [0.25, 0.3) is 0 Å². The van der Waals surface area contributed by atoms with Crippen LogP contribution in [0.2, 0.25) is 5.02 Å². The van der Waals surface area contributed by atoms with Crippen LogP contribution >= 0.6 is 11.6 Å². The predicted octanol–water partition coefficient (Wildman–Crippen LogP) is 2.03. The molecule has 0 aliphatic heterocycles. The fourth-order valence-corrected chi connectivity index (χ4v) is 1.89. The predicted molar refractivity (Wildman–Crippen MR) is 70.9 cm³/mol. The van der Waals surface area contributed by atoms with Crippen LogP contribution in [0.5, 0.6) is 5.75 Å². The van der Waals surface area contributed by atoms with Crippen molar-refractivity contribution in [3.63, 3.8) is 0 Å². The molecule has 1 atom stereocenters. The van der Waals surface area contributed by atoms with Crippen LogP contribution < -0.4 is 10.5 Å². The van der Waals surface area contributed by atoms with Crippen LogP contribution in [0, 0.1) is 5.92 Å². The standard InChI is InChI=1S/C13H18ClNO3/c1-3-18-13(16)10(8-15)6-9-7-11(14)4-5-12(9)17-2/h4-5,7,10H,3,6,8,15H2,1-2H3. The van der Waals surface area contributed by atoms with E-state index in [0.29, 0.717) is 23.8 Å². The lowest BCUT2D eigenvalue weighted by Gasteiger charge is -2.15. The fraction of sp³-hybridized carbons (Fsp3) is 0.462. The van der Waals surface area contributed by atoms with Crippen LogP contribution in [-0.2, 0) is 16.0 Å². The number of hydrogen-bond acceptors (Lipinski definition) is 4. The highest BCUT2D eigenvalue weighted by Gasteiger charge is 2.20. The molecule has 1 unspecified atom stereocenters. The molecule has 0 heterocycles. The fourth-order valence-electron chi connectivity index (χ4n) is 1.70. The van der Waals surface area contributed by atoms with Gasteiger partial charge >= 0.3 is 5.97 Å². The van der Waals surface area contributed by atoms with Gasteiger partial charge in [-0.1, -0.05) is 11.6 Å². The molecule has 1 aromatic carbocycles. The molecule has 0 aromatic heterocycles. The number of halogens is 1. The van der Waals surface area contributed by atoms with Gasteiger partial charge in [-0.2, -0.15) is 0 Å². The number of rotatable bonds is 6. The van der Waals surface area contributed by atoms with Crippen molar-refractivity contribution in [2.75, 3.05) is 20.3 Å². The van der Waals surface area contributed by atoms with Gasteiger partial charge in [0, 0.05) is 11.6 Å². The molecular formula is C13H18ClNO3. The maximum Gasteiger partial charge on any atom is 0.310 e. The molecule has 0 saturated carbocycles. The van der Waals surface area contributed by atoms with Gasteiger partial charge in [0.1, 0.15) is 5.75 Å². The lowest BCUT2D eigenvalue weighted by molar-refractivity contribution is -0.147. The summed E-state index contributed by atoms with van der Waals surface area (Å²) < 4.78 is 10.2. The summed E-state index contributed by atoms with van der Waals surface area (Å²) in [5, 5.41) is 0.602. The number of carbonyl (C=O) groups excluding carboxylic acids is 1. The zero-order valence-corrected chi connectivity index (χ0v) is 11.4. The molecule has 1 rings (SSSR count). The zero-order chi connectivity index (χ0) is 13.5. The highest BCUT2D eigenvalue weighted by molar-refractivity contribution is 6.30. The number of methoxy groups -OCH3 is 1. The molecule has 100 valence electrons. The van der Waals surface area contributed by atoms with Crippen molar-refractivity contribution in [1.82, 2.24) is 0 Å². The van der Waals surface area contributed by atoms with E-state index in [2.05, 4.69) is 0 Å². The topological polar surface area (TPSA) is 61.5 Å². The monoisotopic (exact) mass is 271 g/mol. The molecule has 0 amide bonds. The SMILES string of the molecule is CCOC(=O)C(CN)Cc1cc(Cl)ccc1OC. The van der Waals surface area contributed by atoms with Crippen molar-refractivity contribution in [2.24, 2.45) is 11.7 Å². The number of ether oxygens (including phenoxy) is 2. The van der Waals surface area contributed by atoms with Gasteiger partial charge in [-0.15, -0.1) is 0 Å². The summed E-state index contributed by atoms with van der Waals surface area (Å²) in [5.41, 5.74) is 6.46. The summed E-state index contributed by atoms with van der Waals surface area (Å²) >= 11 is 5.94. The number of hydrogen-bond donors (Lipinski definition) is 1. The maximum atomic E-state index is 11.7. The summed E-state index contributed by atoms with van der Waals surface area (Å²) in [7, 11) is 1.58. The summed E-state index contributed by atoms with van der Waals surface area (Å²) in [4.78, 5) is 11.7. The molecule has 5 heteroatoms. The number of nitrogens with two attached hydrogens (primary N) is 1. The van der Waals surface area contributed by atoms with E-state index >= 15 is 0 Å². The lowest BCUT2D eigenvalue weighted by atomic mass is 9.99.